The van der Waals surface area contributed by atoms with Gasteiger partial charge in [-0.3, -0.25) is 0 Å². The zero-order valence-electron chi connectivity index (χ0n) is 14.6. The molecular formula is C17H21FN2O5. The van der Waals surface area contributed by atoms with Crippen LogP contribution in [0.15, 0.2) is 22.7 Å². The van der Waals surface area contributed by atoms with Crippen molar-refractivity contribution in [3.63, 3.8) is 0 Å². The molecule has 0 saturated carbocycles. The number of halogens is 1. The van der Waals surface area contributed by atoms with Gasteiger partial charge in [0.1, 0.15) is 0 Å². The molecule has 0 unspecified atom stereocenters. The second-order valence-electron chi connectivity index (χ2n) is 6.34. The minimum absolute atomic E-state index is 0.0130. The van der Waals surface area contributed by atoms with Crippen LogP contribution < -0.4 is 10.1 Å². The second kappa shape index (κ2) is 7.52. The van der Waals surface area contributed by atoms with E-state index < -0.39 is 11.8 Å². The van der Waals surface area contributed by atoms with Crippen molar-refractivity contribution in [1.82, 2.24) is 5.16 Å². The van der Waals surface area contributed by atoms with Crippen LogP contribution in [0, 0.1) is 11.2 Å². The third kappa shape index (κ3) is 4.27. The fourth-order valence-corrected chi connectivity index (χ4v) is 2.37. The molecule has 1 aromatic heterocycles. The Morgan fingerprint density at radius 2 is 2.12 bits per heavy atom. The van der Waals surface area contributed by atoms with Crippen molar-refractivity contribution in [2.45, 2.75) is 13.8 Å². The molecule has 0 saturated heterocycles. The van der Waals surface area contributed by atoms with Gasteiger partial charge in [0.15, 0.2) is 28.7 Å². The SMILES string of the molecule is COCC(C)(C)CNc1noc(-c2ccc(F)c(OC)c2)c1C(=O)O. The first-order valence-corrected chi connectivity index (χ1v) is 7.59. The highest BCUT2D eigenvalue weighted by molar-refractivity contribution is 5.99. The van der Waals surface area contributed by atoms with Gasteiger partial charge in [0, 0.05) is 24.6 Å². The number of ether oxygens (including phenoxy) is 2. The van der Waals surface area contributed by atoms with E-state index in [9.17, 15) is 14.3 Å². The molecule has 1 heterocycles. The average Bonchev–Trinajstić information content (AvgIpc) is 2.97. The lowest BCUT2D eigenvalue weighted by atomic mass is 9.95. The van der Waals surface area contributed by atoms with E-state index >= 15 is 0 Å². The Morgan fingerprint density at radius 1 is 1.40 bits per heavy atom. The lowest BCUT2D eigenvalue weighted by Crippen LogP contribution is -2.28. The molecular weight excluding hydrogens is 331 g/mol. The number of carbonyl (C=O) groups is 1. The first kappa shape index (κ1) is 18.7. The number of aromatic nitrogens is 1. The molecule has 2 rings (SSSR count). The summed E-state index contributed by atoms with van der Waals surface area (Å²) in [6, 6.07) is 3.95. The molecule has 136 valence electrons. The van der Waals surface area contributed by atoms with Crippen LogP contribution in [-0.2, 0) is 4.74 Å². The predicted octanol–water partition coefficient (Wildman–Crippen LogP) is 3.27. The standard InChI is InChI=1S/C17H21FN2O5/c1-17(2,9-23-3)8-19-15-13(16(21)22)14(25-20-15)10-5-6-11(18)12(7-10)24-4/h5-7H,8-9H2,1-4H3,(H,19,20)(H,21,22). The largest absolute Gasteiger partial charge is 0.494 e. The van der Waals surface area contributed by atoms with Crippen molar-refractivity contribution < 1.29 is 28.3 Å². The van der Waals surface area contributed by atoms with E-state index in [0.29, 0.717) is 18.7 Å². The summed E-state index contributed by atoms with van der Waals surface area (Å²) < 4.78 is 28.8. The Bertz CT molecular complexity index is 757. The summed E-state index contributed by atoms with van der Waals surface area (Å²) in [5.74, 6) is -1.64. The third-order valence-corrected chi connectivity index (χ3v) is 3.59. The zero-order chi connectivity index (χ0) is 18.6. The van der Waals surface area contributed by atoms with Crippen molar-refractivity contribution in [3.05, 3.63) is 29.6 Å². The van der Waals surface area contributed by atoms with E-state index in [0.717, 1.165) is 0 Å². The Hall–Kier alpha value is -2.61. The van der Waals surface area contributed by atoms with Crippen LogP contribution in [0.25, 0.3) is 11.3 Å². The Labute approximate surface area is 144 Å². The number of rotatable bonds is 8. The molecule has 8 heteroatoms. The van der Waals surface area contributed by atoms with E-state index in [-0.39, 0.29) is 28.3 Å². The van der Waals surface area contributed by atoms with Crippen LogP contribution in [-0.4, -0.2) is 43.6 Å². The number of hydrogen-bond donors (Lipinski definition) is 2. The highest BCUT2D eigenvalue weighted by Crippen LogP contribution is 2.33. The summed E-state index contributed by atoms with van der Waals surface area (Å²) in [6.07, 6.45) is 0. The van der Waals surface area contributed by atoms with E-state index in [1.54, 1.807) is 7.11 Å². The van der Waals surface area contributed by atoms with Crippen molar-refractivity contribution in [2.75, 3.05) is 32.7 Å². The van der Waals surface area contributed by atoms with Gasteiger partial charge in [-0.05, 0) is 18.2 Å². The Balaban J connectivity index is 2.35. The lowest BCUT2D eigenvalue weighted by Gasteiger charge is -2.23. The van der Waals surface area contributed by atoms with Crippen LogP contribution in [0.5, 0.6) is 5.75 Å². The third-order valence-electron chi connectivity index (χ3n) is 3.59. The maximum atomic E-state index is 13.6. The second-order valence-corrected chi connectivity index (χ2v) is 6.34. The Kier molecular flexibility index (Phi) is 5.63. The van der Waals surface area contributed by atoms with Crippen LogP contribution in [0.3, 0.4) is 0 Å². The normalized spacial score (nSPS) is 11.4. The molecule has 0 radical (unpaired) electrons. The molecule has 0 atom stereocenters. The predicted molar refractivity (Wildman–Crippen MR) is 89.6 cm³/mol. The number of anilines is 1. The summed E-state index contributed by atoms with van der Waals surface area (Å²) in [4.78, 5) is 11.7. The number of carboxylic acids is 1. The maximum Gasteiger partial charge on any atom is 0.343 e. The molecule has 2 aromatic rings. The molecule has 1 aromatic carbocycles. The van der Waals surface area contributed by atoms with Crippen molar-refractivity contribution in [3.8, 4) is 17.1 Å². The van der Waals surface area contributed by atoms with E-state index in [2.05, 4.69) is 10.5 Å². The molecule has 2 N–H and O–H groups in total. The summed E-state index contributed by atoms with van der Waals surface area (Å²) in [7, 11) is 2.92. The average molecular weight is 352 g/mol. The Morgan fingerprint density at radius 3 is 2.72 bits per heavy atom. The highest BCUT2D eigenvalue weighted by atomic mass is 19.1. The van der Waals surface area contributed by atoms with Gasteiger partial charge in [-0.25, -0.2) is 9.18 Å². The van der Waals surface area contributed by atoms with Crippen LogP contribution in [0.2, 0.25) is 0 Å². The molecule has 7 nitrogen and oxygen atoms in total. The number of benzene rings is 1. The molecule has 0 aliphatic heterocycles. The summed E-state index contributed by atoms with van der Waals surface area (Å²) >= 11 is 0. The van der Waals surface area contributed by atoms with Crippen LogP contribution in [0.1, 0.15) is 24.2 Å². The monoisotopic (exact) mass is 352 g/mol. The highest BCUT2D eigenvalue weighted by Gasteiger charge is 2.26. The molecule has 25 heavy (non-hydrogen) atoms. The van der Waals surface area contributed by atoms with Gasteiger partial charge in [-0.2, -0.15) is 0 Å². The number of carboxylic acid groups (broad SMARTS) is 1. The van der Waals surface area contributed by atoms with E-state index in [1.165, 1.54) is 25.3 Å². The van der Waals surface area contributed by atoms with Gasteiger partial charge >= 0.3 is 5.97 Å². The van der Waals surface area contributed by atoms with Gasteiger partial charge in [0.25, 0.3) is 0 Å². The fraction of sp³-hybridized carbons (Fsp3) is 0.412. The van der Waals surface area contributed by atoms with Crippen LogP contribution in [0.4, 0.5) is 10.2 Å². The number of methoxy groups -OCH3 is 2. The van der Waals surface area contributed by atoms with Crippen molar-refractivity contribution in [2.24, 2.45) is 5.41 Å². The number of nitrogens with one attached hydrogen (secondary N) is 1. The van der Waals surface area contributed by atoms with Gasteiger partial charge in [-0.15, -0.1) is 0 Å². The minimum Gasteiger partial charge on any atom is -0.494 e. The number of hydrogen-bond acceptors (Lipinski definition) is 6. The summed E-state index contributed by atoms with van der Waals surface area (Å²) in [6.45, 7) is 4.85. The topological polar surface area (TPSA) is 93.8 Å². The molecule has 0 aliphatic carbocycles. The van der Waals surface area contributed by atoms with Gasteiger partial charge in [0.2, 0.25) is 0 Å². The van der Waals surface area contributed by atoms with Crippen molar-refractivity contribution in [1.29, 1.82) is 0 Å². The van der Waals surface area contributed by atoms with Crippen LogP contribution >= 0.6 is 0 Å². The van der Waals surface area contributed by atoms with E-state index in [4.69, 9.17) is 14.0 Å². The number of nitrogens with zero attached hydrogens (tertiary/aromatic N) is 1. The molecule has 0 spiro atoms. The quantitative estimate of drug-likeness (QED) is 0.753. The van der Waals surface area contributed by atoms with E-state index in [1.807, 2.05) is 13.8 Å². The molecule has 0 bridgehead atoms. The number of aromatic carboxylic acids is 1. The molecule has 0 fully saturated rings. The molecule has 0 amide bonds. The first-order valence-electron chi connectivity index (χ1n) is 7.59. The smallest absolute Gasteiger partial charge is 0.343 e. The van der Waals surface area contributed by atoms with Gasteiger partial charge in [0.05, 0.1) is 13.7 Å². The fourth-order valence-electron chi connectivity index (χ4n) is 2.37. The minimum atomic E-state index is -1.20. The lowest BCUT2D eigenvalue weighted by molar-refractivity contribution is 0.0698. The van der Waals surface area contributed by atoms with Gasteiger partial charge in [-0.1, -0.05) is 19.0 Å². The van der Waals surface area contributed by atoms with Gasteiger partial charge < -0.3 is 24.4 Å². The maximum absolute atomic E-state index is 13.6. The summed E-state index contributed by atoms with van der Waals surface area (Å²) in [5, 5.41) is 16.3. The first-order chi connectivity index (χ1) is 11.8. The van der Waals surface area contributed by atoms with Crippen molar-refractivity contribution >= 4 is 11.8 Å². The summed E-state index contributed by atoms with van der Waals surface area (Å²) in [5.41, 5.74) is -0.00263. The molecule has 0 aliphatic rings. The zero-order valence-corrected chi connectivity index (χ0v) is 14.6.